The molecule has 3 unspecified atom stereocenters. The molecule has 4 heteroatoms. The van der Waals surface area contributed by atoms with E-state index in [2.05, 4.69) is 6.92 Å². The zero-order valence-corrected chi connectivity index (χ0v) is 13.1. The lowest BCUT2D eigenvalue weighted by Gasteiger charge is -2.20. The molecule has 0 fully saturated rings. The Morgan fingerprint density at radius 1 is 1.19 bits per heavy atom. The van der Waals surface area contributed by atoms with Gasteiger partial charge in [0, 0.05) is 10.9 Å². The quantitative estimate of drug-likeness (QED) is 0.917. The number of hydrogen-bond donors (Lipinski definition) is 1. The van der Waals surface area contributed by atoms with E-state index in [1.165, 1.54) is 17.7 Å². The van der Waals surface area contributed by atoms with Crippen LogP contribution in [0, 0.1) is 5.82 Å². The van der Waals surface area contributed by atoms with Crippen LogP contribution in [0.1, 0.15) is 31.0 Å². The van der Waals surface area contributed by atoms with E-state index >= 15 is 0 Å². The minimum Gasteiger partial charge on any atom is -0.323 e. The minimum atomic E-state index is -1.34. The van der Waals surface area contributed by atoms with Gasteiger partial charge in [0.15, 0.2) is 0 Å². The Bertz CT molecular complexity index is 627. The first-order chi connectivity index (χ1) is 10.0. The van der Waals surface area contributed by atoms with Crippen LogP contribution in [0.2, 0.25) is 0 Å². The fraction of sp³-hybridized carbons (Fsp3) is 0.294. The SMILES string of the molecule is CCc1ccc(C(N)C(C)S(=O)c2cccc(F)c2)cc1. The highest BCUT2D eigenvalue weighted by molar-refractivity contribution is 7.85. The van der Waals surface area contributed by atoms with Gasteiger partial charge < -0.3 is 5.73 Å². The Hall–Kier alpha value is -1.52. The Kier molecular flexibility index (Phi) is 5.26. The van der Waals surface area contributed by atoms with Gasteiger partial charge in [0.05, 0.1) is 16.0 Å². The second-order valence-corrected chi connectivity index (χ2v) is 6.89. The van der Waals surface area contributed by atoms with Crippen molar-refractivity contribution in [3.63, 3.8) is 0 Å². The maximum absolute atomic E-state index is 13.2. The minimum absolute atomic E-state index is 0.292. The highest BCUT2D eigenvalue weighted by Gasteiger charge is 2.22. The molecule has 0 saturated carbocycles. The van der Waals surface area contributed by atoms with Gasteiger partial charge >= 0.3 is 0 Å². The Labute approximate surface area is 127 Å². The second-order valence-electron chi connectivity index (χ2n) is 5.08. The van der Waals surface area contributed by atoms with E-state index in [0.717, 1.165) is 12.0 Å². The summed E-state index contributed by atoms with van der Waals surface area (Å²) in [7, 11) is -1.34. The van der Waals surface area contributed by atoms with Crippen molar-refractivity contribution in [3.05, 3.63) is 65.5 Å². The van der Waals surface area contributed by atoms with Gasteiger partial charge in [-0.25, -0.2) is 4.39 Å². The number of halogens is 1. The molecule has 0 aliphatic rings. The van der Waals surface area contributed by atoms with E-state index in [4.69, 9.17) is 5.73 Å². The fourth-order valence-corrected chi connectivity index (χ4v) is 3.48. The van der Waals surface area contributed by atoms with Crippen LogP contribution in [0.15, 0.2) is 53.4 Å². The Balaban J connectivity index is 2.17. The maximum Gasteiger partial charge on any atom is 0.124 e. The van der Waals surface area contributed by atoms with Gasteiger partial charge in [-0.3, -0.25) is 4.21 Å². The number of rotatable bonds is 5. The third-order valence-electron chi connectivity index (χ3n) is 3.64. The first kappa shape index (κ1) is 15.9. The molecule has 0 spiro atoms. The third-order valence-corrected chi connectivity index (χ3v) is 5.33. The molecule has 0 aromatic heterocycles. The van der Waals surface area contributed by atoms with Crippen LogP contribution in [0.5, 0.6) is 0 Å². The summed E-state index contributed by atoms with van der Waals surface area (Å²) in [5, 5.41) is -0.292. The summed E-state index contributed by atoms with van der Waals surface area (Å²) in [6.07, 6.45) is 0.973. The lowest BCUT2D eigenvalue weighted by molar-refractivity contribution is 0.619. The first-order valence-electron chi connectivity index (χ1n) is 7.03. The van der Waals surface area contributed by atoms with Crippen molar-refractivity contribution < 1.29 is 8.60 Å². The second kappa shape index (κ2) is 6.96. The van der Waals surface area contributed by atoms with Crippen LogP contribution in [-0.2, 0) is 17.2 Å². The van der Waals surface area contributed by atoms with Crippen LogP contribution < -0.4 is 5.73 Å². The van der Waals surface area contributed by atoms with Gasteiger partial charge in [-0.15, -0.1) is 0 Å². The molecule has 2 aromatic carbocycles. The van der Waals surface area contributed by atoms with Crippen molar-refractivity contribution in [2.24, 2.45) is 5.73 Å². The maximum atomic E-state index is 13.2. The topological polar surface area (TPSA) is 43.1 Å². The average molecular weight is 305 g/mol. The number of nitrogens with two attached hydrogens (primary N) is 1. The molecule has 2 N–H and O–H groups in total. The molecule has 21 heavy (non-hydrogen) atoms. The zero-order chi connectivity index (χ0) is 15.4. The number of hydrogen-bond acceptors (Lipinski definition) is 2. The Morgan fingerprint density at radius 3 is 2.43 bits per heavy atom. The molecule has 0 heterocycles. The predicted octanol–water partition coefficient (Wildman–Crippen LogP) is 3.58. The lowest BCUT2D eigenvalue weighted by atomic mass is 10.0. The van der Waals surface area contributed by atoms with Crippen LogP contribution in [0.4, 0.5) is 4.39 Å². The molecule has 112 valence electrons. The van der Waals surface area contributed by atoms with Crippen molar-refractivity contribution in [2.75, 3.05) is 0 Å². The summed E-state index contributed by atoms with van der Waals surface area (Å²) in [5.41, 5.74) is 8.41. The molecule has 3 atom stereocenters. The average Bonchev–Trinajstić information content (AvgIpc) is 2.53. The molecular weight excluding hydrogens is 285 g/mol. The summed E-state index contributed by atoms with van der Waals surface area (Å²) >= 11 is 0. The predicted molar refractivity (Wildman–Crippen MR) is 85.0 cm³/mol. The van der Waals surface area contributed by atoms with Crippen LogP contribution in [0.3, 0.4) is 0 Å². The normalized spacial score (nSPS) is 15.4. The summed E-state index contributed by atoms with van der Waals surface area (Å²) in [5.74, 6) is -0.381. The van der Waals surface area contributed by atoms with E-state index in [-0.39, 0.29) is 17.1 Å². The summed E-state index contributed by atoms with van der Waals surface area (Å²) in [6.45, 7) is 3.93. The third kappa shape index (κ3) is 3.77. The number of benzene rings is 2. The standard InChI is InChI=1S/C17H20FNOS/c1-3-13-7-9-14(10-8-13)17(19)12(2)21(20)16-6-4-5-15(18)11-16/h4-12,17H,3,19H2,1-2H3. The van der Waals surface area contributed by atoms with Gasteiger partial charge in [0.1, 0.15) is 5.82 Å². The van der Waals surface area contributed by atoms with Crippen LogP contribution in [0.25, 0.3) is 0 Å². The summed E-state index contributed by atoms with van der Waals surface area (Å²) in [4.78, 5) is 0.475. The van der Waals surface area contributed by atoms with E-state index < -0.39 is 10.8 Å². The van der Waals surface area contributed by atoms with E-state index in [1.54, 1.807) is 12.1 Å². The van der Waals surface area contributed by atoms with Gasteiger partial charge in [0.2, 0.25) is 0 Å². The summed E-state index contributed by atoms with van der Waals surface area (Å²) < 4.78 is 25.7. The monoisotopic (exact) mass is 305 g/mol. The van der Waals surface area contributed by atoms with Gasteiger partial charge in [-0.05, 0) is 42.7 Å². The van der Waals surface area contributed by atoms with Gasteiger partial charge in [0.25, 0.3) is 0 Å². The molecule has 0 radical (unpaired) electrons. The highest BCUT2D eigenvalue weighted by atomic mass is 32.2. The van der Waals surface area contributed by atoms with E-state index in [0.29, 0.717) is 4.90 Å². The lowest BCUT2D eigenvalue weighted by Crippen LogP contribution is -2.27. The number of aryl methyl sites for hydroxylation is 1. The van der Waals surface area contributed by atoms with E-state index in [9.17, 15) is 8.60 Å². The fourth-order valence-electron chi connectivity index (χ4n) is 2.19. The molecular formula is C17H20FNOS. The molecule has 0 aliphatic carbocycles. The zero-order valence-electron chi connectivity index (χ0n) is 12.3. The van der Waals surface area contributed by atoms with Gasteiger partial charge in [-0.1, -0.05) is 37.3 Å². The largest absolute Gasteiger partial charge is 0.323 e. The van der Waals surface area contributed by atoms with Crippen molar-refractivity contribution >= 4 is 10.8 Å². The van der Waals surface area contributed by atoms with Crippen molar-refractivity contribution in [3.8, 4) is 0 Å². The van der Waals surface area contributed by atoms with Crippen molar-refractivity contribution in [2.45, 2.75) is 36.5 Å². The molecule has 0 saturated heterocycles. The smallest absolute Gasteiger partial charge is 0.124 e. The van der Waals surface area contributed by atoms with Crippen molar-refractivity contribution in [1.82, 2.24) is 0 Å². The highest BCUT2D eigenvalue weighted by Crippen LogP contribution is 2.23. The molecule has 2 nitrogen and oxygen atoms in total. The van der Waals surface area contributed by atoms with Gasteiger partial charge in [-0.2, -0.15) is 0 Å². The molecule has 0 aliphatic heterocycles. The Morgan fingerprint density at radius 2 is 1.86 bits per heavy atom. The molecule has 2 rings (SSSR count). The summed E-state index contributed by atoms with van der Waals surface area (Å²) in [6, 6.07) is 13.6. The van der Waals surface area contributed by atoms with Crippen LogP contribution in [-0.4, -0.2) is 9.46 Å². The molecule has 0 amide bonds. The molecule has 0 bridgehead atoms. The first-order valence-corrected chi connectivity index (χ1v) is 8.24. The van der Waals surface area contributed by atoms with E-state index in [1.807, 2.05) is 31.2 Å². The van der Waals surface area contributed by atoms with Crippen molar-refractivity contribution in [1.29, 1.82) is 0 Å². The molecule has 2 aromatic rings. The van der Waals surface area contributed by atoms with Crippen LogP contribution >= 0.6 is 0 Å².